The molecule has 0 aliphatic carbocycles. The van der Waals surface area contributed by atoms with Crippen molar-refractivity contribution in [2.75, 3.05) is 19.8 Å². The van der Waals surface area contributed by atoms with E-state index in [0.29, 0.717) is 6.08 Å². The van der Waals surface area contributed by atoms with E-state index in [-0.39, 0.29) is 19.8 Å². The normalized spacial score (nSPS) is 12.5. The summed E-state index contributed by atoms with van der Waals surface area (Å²) in [5, 5.41) is 34.0. The van der Waals surface area contributed by atoms with E-state index in [1.54, 1.807) is 0 Å². The van der Waals surface area contributed by atoms with Crippen molar-refractivity contribution >= 4 is 23.9 Å². The molecular weight excluding hydrogens is 1180 g/mol. The number of hydrogen-bond acceptors (Lipinski definition) is 10. The van der Waals surface area contributed by atoms with E-state index in [1.807, 2.05) is 0 Å². The van der Waals surface area contributed by atoms with Gasteiger partial charge in [0.15, 0.2) is 0 Å². The van der Waals surface area contributed by atoms with Crippen molar-refractivity contribution in [3.63, 3.8) is 0 Å². The minimum Gasteiger partial charge on any atom is -0.478 e. The van der Waals surface area contributed by atoms with Crippen LogP contribution < -0.4 is 0 Å². The third kappa shape index (κ3) is 32.4. The number of esters is 3. The fraction of sp³-hybridized carbons (Fsp3) is 0.353. The number of aliphatic carboxylic acids is 1. The summed E-state index contributed by atoms with van der Waals surface area (Å²) >= 11 is 0. The Labute approximate surface area is 161 Å². The first-order chi connectivity index (χ1) is 12.9. The Morgan fingerprint density at radius 3 is 1.03 bits per heavy atom. The summed E-state index contributed by atoms with van der Waals surface area (Å²) in [4.78, 5) is 42.2. The average molecular weight is 1200 g/mol. The van der Waals surface area contributed by atoms with Crippen molar-refractivity contribution in [3.05, 3.63) is 45.1 Å². The second-order valence-electron chi connectivity index (χ2n) is 4.86. The summed E-state index contributed by atoms with van der Waals surface area (Å²) < 4.78 is 13.3. The summed E-state index contributed by atoms with van der Waals surface area (Å²) in [6.07, 6.45) is 0.0893. The fourth-order valence-electron chi connectivity index (χ4n) is 0.955. The molecule has 0 aliphatic rings. The molecule has 31 heavy (non-hydrogen) atoms. The van der Waals surface area contributed by atoms with Crippen LogP contribution in [0, 0.1) is 20.8 Å². The first kappa shape index (κ1) is 36.2. The largest absolute Gasteiger partial charge is 0.478 e. The predicted molar refractivity (Wildman–Crippen MR) is 92.9 cm³/mol. The van der Waals surface area contributed by atoms with Crippen molar-refractivity contribution in [1.29, 1.82) is 0 Å². The van der Waals surface area contributed by atoms with Gasteiger partial charge >= 0.3 is 23.9 Å². The number of hydrogen-bond donors (Lipinski definition) is 4. The standard InChI is InChI=1S/C10H14O6.C7H9O5.3Rf/c1-7(11)5-15-9(13)3-4-10(14)16-6-8(2)12;1-5(8)4-12-7(11)3-2-6(9)10;;;/h3-4,7-8,11-12H,1-2,5-6H2;2-3,5,8H,1,4H2,(H,9,10);;;/q-2;-1;;;/b4-3-;3-2-;;;. The third-order valence-corrected chi connectivity index (χ3v) is 1.97. The average Bonchev–Trinajstić information content (AvgIpc) is 2.59. The zero-order chi connectivity index (χ0) is 22.1. The molecule has 0 heterocycles. The molecule has 11 nitrogen and oxygen atoms in total. The Bertz CT molecular complexity index is 536. The summed E-state index contributed by atoms with van der Waals surface area (Å²) in [6, 6.07) is 0. The molecule has 0 amide bonds. The van der Waals surface area contributed by atoms with Gasteiger partial charge in [-0.2, -0.15) is 0 Å². The van der Waals surface area contributed by atoms with Crippen molar-refractivity contribution in [2.45, 2.75) is 18.3 Å². The molecule has 166 valence electrons. The first-order valence-electron chi connectivity index (χ1n) is 7.56. The molecule has 3 unspecified atom stereocenters. The molecule has 0 saturated heterocycles. The van der Waals surface area contributed by atoms with Crippen LogP contribution in [0.3, 0.4) is 0 Å². The quantitative estimate of drug-likeness (QED) is 0.0858. The maximum atomic E-state index is 10.9. The Kier molecular flexibility index (Phi) is 24.0. The molecule has 0 radical (unpaired) electrons. The number of aliphatic hydroxyl groups excluding tert-OH is 3. The molecule has 0 saturated carbocycles. The van der Waals surface area contributed by atoms with Gasteiger partial charge in [0.05, 0.1) is 19.8 Å². The molecule has 0 bridgehead atoms. The van der Waals surface area contributed by atoms with Crippen LogP contribution in [0.1, 0.15) is 0 Å². The maximum Gasteiger partial charge on any atom is 0.331 e. The van der Waals surface area contributed by atoms with Crippen LogP contribution in [-0.4, -0.2) is 82.4 Å². The van der Waals surface area contributed by atoms with E-state index in [2.05, 4.69) is 35.0 Å². The van der Waals surface area contributed by atoms with E-state index < -0.39 is 42.2 Å². The SMILES string of the molecule is [CH2-]C(O)COC(=O)/C=C\C(=O)O.[CH2-]C(O)COC(=O)/C=C\C(=O)OCC([CH2-])O.[Rf].[Rf].[Rf]. The second kappa shape index (κ2) is 20.6. The first-order valence-corrected chi connectivity index (χ1v) is 7.56. The summed E-state index contributed by atoms with van der Waals surface area (Å²) in [5.41, 5.74) is 0. The van der Waals surface area contributed by atoms with Gasteiger partial charge in [0.2, 0.25) is 0 Å². The van der Waals surface area contributed by atoms with Gasteiger partial charge in [0.1, 0.15) is 0 Å². The summed E-state index contributed by atoms with van der Waals surface area (Å²) in [7, 11) is 0. The number of carbonyl (C=O) groups excluding carboxylic acids is 3. The molecular formula is C17H23O11Rf3-3. The van der Waals surface area contributed by atoms with Crippen molar-refractivity contribution < 1.29 is 53.8 Å². The second-order valence-corrected chi connectivity index (χ2v) is 4.86. The summed E-state index contributed by atoms with van der Waals surface area (Å²) in [6.45, 7) is 8.75. The van der Waals surface area contributed by atoms with Crippen LogP contribution in [0.2, 0.25) is 0 Å². The Hall–Kier alpha value is -5.76. The van der Waals surface area contributed by atoms with Gasteiger partial charge in [-0.1, -0.05) is 0 Å². The fourth-order valence-corrected chi connectivity index (χ4v) is 0.955. The Morgan fingerprint density at radius 2 is 0.839 bits per heavy atom. The molecule has 0 rings (SSSR count). The minimum atomic E-state index is -1.23. The van der Waals surface area contributed by atoms with Gasteiger partial charge in [0, 0.05) is 24.3 Å². The van der Waals surface area contributed by atoms with E-state index in [9.17, 15) is 19.2 Å². The molecule has 14 heteroatoms. The van der Waals surface area contributed by atoms with Crippen LogP contribution >= 0.6 is 0 Å². The van der Waals surface area contributed by atoms with Crippen molar-refractivity contribution in [3.8, 4) is 0 Å². The Balaban J connectivity index is -0.000000137. The Morgan fingerprint density at radius 1 is 0.613 bits per heavy atom. The van der Waals surface area contributed by atoms with Gasteiger partial charge in [-0.15, -0.1) is 0 Å². The smallest absolute Gasteiger partial charge is 0.331 e. The maximum absolute atomic E-state index is 10.9. The molecule has 0 aromatic carbocycles. The number of aliphatic hydroxyl groups is 3. The third-order valence-electron chi connectivity index (χ3n) is 1.97. The van der Waals surface area contributed by atoms with E-state index in [1.165, 1.54) is 0 Å². The molecule has 0 aromatic rings. The van der Waals surface area contributed by atoms with Gasteiger partial charge < -0.3 is 55.4 Å². The van der Waals surface area contributed by atoms with Gasteiger partial charge in [-0.3, -0.25) is 0 Å². The van der Waals surface area contributed by atoms with Gasteiger partial charge in [0.25, 0.3) is 0 Å². The number of ether oxygens (including phenoxy) is 3. The zero-order valence-electron chi connectivity index (χ0n) is 17.1. The zero-order valence-corrected chi connectivity index (χ0v) is 36.2. The molecule has 0 fully saturated rings. The van der Waals surface area contributed by atoms with Gasteiger partial charge in [-0.05, 0) is 18.3 Å². The van der Waals surface area contributed by atoms with Crippen molar-refractivity contribution in [1.82, 2.24) is 0 Å². The predicted octanol–water partition coefficient (Wildman–Crippen LogP) is -1.62. The topological polar surface area (TPSA) is 177 Å². The van der Waals surface area contributed by atoms with Crippen LogP contribution in [0.5, 0.6) is 0 Å². The molecule has 0 aromatic heterocycles. The molecule has 3 atom stereocenters. The molecule has 4 N–H and O–H groups in total. The minimum absolute atomic E-state index is 0. The van der Waals surface area contributed by atoms with E-state index in [4.69, 9.17) is 20.4 Å². The monoisotopic (exact) mass is 1200 g/mol. The van der Waals surface area contributed by atoms with Crippen LogP contribution in [0.25, 0.3) is 0 Å². The molecule has 0 spiro atoms. The van der Waals surface area contributed by atoms with Crippen LogP contribution in [0.15, 0.2) is 24.3 Å². The number of carbonyl (C=O) groups is 4. The van der Waals surface area contributed by atoms with E-state index in [0.717, 1.165) is 18.2 Å². The van der Waals surface area contributed by atoms with Gasteiger partial charge in [-0.25, -0.2) is 19.2 Å². The summed E-state index contributed by atoms with van der Waals surface area (Å²) in [5.74, 6) is -3.65. The number of carboxylic acids is 1. The number of rotatable bonds is 10. The van der Waals surface area contributed by atoms with E-state index >= 15 is 0 Å². The van der Waals surface area contributed by atoms with Crippen LogP contribution in [0.4, 0.5) is 0 Å². The number of carboxylic acid groups (broad SMARTS) is 1. The van der Waals surface area contributed by atoms with Crippen molar-refractivity contribution in [2.24, 2.45) is 0 Å². The van der Waals surface area contributed by atoms with Crippen LogP contribution in [-0.2, 0) is 33.4 Å². The molecule has 0 aliphatic heterocycles.